The lowest BCUT2D eigenvalue weighted by Gasteiger charge is -2.13. The molecule has 0 saturated carbocycles. The van der Waals surface area contributed by atoms with Gasteiger partial charge in [-0.05, 0) is 43.7 Å². The van der Waals surface area contributed by atoms with Crippen molar-refractivity contribution in [2.24, 2.45) is 0 Å². The molecule has 0 amide bonds. The number of nitrogens with zero attached hydrogens (tertiary/aromatic N) is 1. The first-order valence-electron chi connectivity index (χ1n) is 8.34. The Balaban J connectivity index is 1.70. The van der Waals surface area contributed by atoms with Crippen molar-refractivity contribution in [1.82, 2.24) is 5.32 Å². The van der Waals surface area contributed by atoms with Crippen LogP contribution in [0.25, 0.3) is 0 Å². The summed E-state index contributed by atoms with van der Waals surface area (Å²) in [6.45, 7) is 6.12. The highest BCUT2D eigenvalue weighted by Gasteiger charge is 2.21. The third-order valence-corrected chi connectivity index (χ3v) is 4.08. The van der Waals surface area contributed by atoms with Crippen molar-refractivity contribution in [2.45, 2.75) is 39.5 Å². The van der Waals surface area contributed by atoms with Gasteiger partial charge in [0.2, 0.25) is 0 Å². The van der Waals surface area contributed by atoms with Crippen molar-refractivity contribution in [3.8, 4) is 17.6 Å². The average Bonchev–Trinajstić information content (AvgIpc) is 2.94. The standard InChI is InChI=1S/C20H22N2O2/c1-3-23-19-9-17-7-14(2)24-20(17)10-18(19)13-22-12-16-6-4-5-15(8-16)11-21/h4-6,8-10,14,22H,3,7,12-13H2,1-2H3/t14-/m0/s1. The molecule has 1 aliphatic rings. The van der Waals surface area contributed by atoms with E-state index >= 15 is 0 Å². The molecule has 1 N–H and O–H groups in total. The van der Waals surface area contributed by atoms with Gasteiger partial charge in [0.05, 0.1) is 18.2 Å². The van der Waals surface area contributed by atoms with Gasteiger partial charge in [0.15, 0.2) is 0 Å². The molecule has 1 aliphatic heterocycles. The molecule has 24 heavy (non-hydrogen) atoms. The predicted molar refractivity (Wildman–Crippen MR) is 93.1 cm³/mol. The van der Waals surface area contributed by atoms with Crippen molar-refractivity contribution < 1.29 is 9.47 Å². The second kappa shape index (κ2) is 7.37. The van der Waals surface area contributed by atoms with Gasteiger partial charge in [0, 0.05) is 30.6 Å². The largest absolute Gasteiger partial charge is 0.494 e. The molecule has 4 heteroatoms. The van der Waals surface area contributed by atoms with Crippen molar-refractivity contribution in [3.63, 3.8) is 0 Å². The van der Waals surface area contributed by atoms with Crippen LogP contribution in [-0.4, -0.2) is 12.7 Å². The Hall–Kier alpha value is -2.51. The lowest BCUT2D eigenvalue weighted by Crippen LogP contribution is -2.14. The molecule has 4 nitrogen and oxygen atoms in total. The summed E-state index contributed by atoms with van der Waals surface area (Å²) in [4.78, 5) is 0. The number of nitrogens with one attached hydrogen (secondary N) is 1. The molecular formula is C20H22N2O2. The Morgan fingerprint density at radius 2 is 2.17 bits per heavy atom. The number of nitriles is 1. The summed E-state index contributed by atoms with van der Waals surface area (Å²) in [7, 11) is 0. The van der Waals surface area contributed by atoms with E-state index in [9.17, 15) is 0 Å². The zero-order valence-corrected chi connectivity index (χ0v) is 14.1. The van der Waals surface area contributed by atoms with Gasteiger partial charge in [0.1, 0.15) is 17.6 Å². The molecule has 0 spiro atoms. The smallest absolute Gasteiger partial charge is 0.124 e. The van der Waals surface area contributed by atoms with Crippen LogP contribution in [0.1, 0.15) is 36.1 Å². The number of benzene rings is 2. The summed E-state index contributed by atoms with van der Waals surface area (Å²) >= 11 is 0. The molecular weight excluding hydrogens is 300 g/mol. The van der Waals surface area contributed by atoms with Crippen molar-refractivity contribution >= 4 is 0 Å². The molecule has 0 radical (unpaired) electrons. The Labute approximate surface area is 143 Å². The zero-order chi connectivity index (χ0) is 16.9. The Morgan fingerprint density at radius 1 is 1.29 bits per heavy atom. The highest BCUT2D eigenvalue weighted by Crippen LogP contribution is 2.35. The fraction of sp³-hybridized carbons (Fsp3) is 0.350. The number of fused-ring (bicyclic) bond motifs is 1. The minimum atomic E-state index is 0.228. The van der Waals surface area contributed by atoms with Crippen LogP contribution < -0.4 is 14.8 Å². The van der Waals surface area contributed by atoms with E-state index in [0.717, 1.165) is 29.0 Å². The van der Waals surface area contributed by atoms with Gasteiger partial charge >= 0.3 is 0 Å². The number of rotatable bonds is 6. The number of ether oxygens (including phenoxy) is 2. The fourth-order valence-corrected chi connectivity index (χ4v) is 3.00. The van der Waals surface area contributed by atoms with E-state index in [1.165, 1.54) is 5.56 Å². The van der Waals surface area contributed by atoms with Gasteiger partial charge in [-0.1, -0.05) is 12.1 Å². The highest BCUT2D eigenvalue weighted by atomic mass is 16.5. The highest BCUT2D eigenvalue weighted by molar-refractivity contribution is 5.48. The van der Waals surface area contributed by atoms with Gasteiger partial charge in [-0.3, -0.25) is 0 Å². The van der Waals surface area contributed by atoms with Crippen LogP contribution in [0.3, 0.4) is 0 Å². The summed E-state index contributed by atoms with van der Waals surface area (Å²) in [6.07, 6.45) is 1.16. The minimum absolute atomic E-state index is 0.228. The van der Waals surface area contributed by atoms with E-state index in [1.54, 1.807) is 0 Å². The van der Waals surface area contributed by atoms with Crippen LogP contribution in [0.5, 0.6) is 11.5 Å². The molecule has 0 fully saturated rings. The topological polar surface area (TPSA) is 54.3 Å². The van der Waals surface area contributed by atoms with Gasteiger partial charge in [-0.25, -0.2) is 0 Å². The average molecular weight is 322 g/mol. The van der Waals surface area contributed by atoms with Gasteiger partial charge in [0.25, 0.3) is 0 Å². The summed E-state index contributed by atoms with van der Waals surface area (Å²) in [5.41, 5.74) is 4.10. The maximum absolute atomic E-state index is 8.97. The van der Waals surface area contributed by atoms with E-state index in [0.29, 0.717) is 25.3 Å². The van der Waals surface area contributed by atoms with Crippen LogP contribution in [0.15, 0.2) is 36.4 Å². The lowest BCUT2D eigenvalue weighted by atomic mass is 10.1. The predicted octanol–water partition coefficient (Wildman–Crippen LogP) is 3.57. The zero-order valence-electron chi connectivity index (χ0n) is 14.1. The SMILES string of the molecule is CCOc1cc2c(cc1CNCc1cccc(C#N)c1)O[C@@H](C)C2. The Bertz CT molecular complexity index is 765. The molecule has 0 aromatic heterocycles. The molecule has 2 aromatic carbocycles. The Kier molecular flexibility index (Phi) is 5.02. The first kappa shape index (κ1) is 16.4. The van der Waals surface area contributed by atoms with E-state index < -0.39 is 0 Å². The quantitative estimate of drug-likeness (QED) is 0.883. The molecule has 1 atom stereocenters. The second-order valence-electron chi connectivity index (χ2n) is 6.05. The molecule has 2 aromatic rings. The van der Waals surface area contributed by atoms with Gasteiger partial charge < -0.3 is 14.8 Å². The van der Waals surface area contributed by atoms with Gasteiger partial charge in [-0.15, -0.1) is 0 Å². The maximum atomic E-state index is 8.97. The van der Waals surface area contributed by atoms with Crippen LogP contribution in [0.4, 0.5) is 0 Å². The summed E-state index contributed by atoms with van der Waals surface area (Å²) in [6, 6.07) is 14.0. The van der Waals surface area contributed by atoms with Crippen molar-refractivity contribution in [3.05, 3.63) is 58.7 Å². The molecule has 3 rings (SSSR count). The van der Waals surface area contributed by atoms with E-state index in [-0.39, 0.29) is 6.10 Å². The Morgan fingerprint density at radius 3 is 2.96 bits per heavy atom. The maximum Gasteiger partial charge on any atom is 0.124 e. The van der Waals surface area contributed by atoms with Crippen LogP contribution in [0.2, 0.25) is 0 Å². The molecule has 0 unspecified atom stereocenters. The second-order valence-corrected chi connectivity index (χ2v) is 6.05. The summed E-state index contributed by atoms with van der Waals surface area (Å²) in [5, 5.41) is 12.4. The van der Waals surface area contributed by atoms with Crippen LogP contribution in [0, 0.1) is 11.3 Å². The minimum Gasteiger partial charge on any atom is -0.494 e. The lowest BCUT2D eigenvalue weighted by molar-refractivity contribution is 0.254. The fourth-order valence-electron chi connectivity index (χ4n) is 3.00. The van der Waals surface area contributed by atoms with E-state index in [4.69, 9.17) is 14.7 Å². The monoisotopic (exact) mass is 322 g/mol. The van der Waals surface area contributed by atoms with Crippen LogP contribution in [-0.2, 0) is 19.5 Å². The third-order valence-electron chi connectivity index (χ3n) is 4.08. The van der Waals surface area contributed by atoms with E-state index in [1.807, 2.05) is 31.2 Å². The summed E-state index contributed by atoms with van der Waals surface area (Å²) in [5.74, 6) is 1.89. The van der Waals surface area contributed by atoms with Gasteiger partial charge in [-0.2, -0.15) is 5.26 Å². The van der Waals surface area contributed by atoms with Crippen LogP contribution >= 0.6 is 0 Å². The molecule has 0 bridgehead atoms. The van der Waals surface area contributed by atoms with Crippen molar-refractivity contribution in [1.29, 1.82) is 5.26 Å². The molecule has 0 aliphatic carbocycles. The molecule has 124 valence electrons. The van der Waals surface area contributed by atoms with E-state index in [2.05, 4.69) is 30.4 Å². The third kappa shape index (κ3) is 3.69. The molecule has 1 heterocycles. The summed E-state index contributed by atoms with van der Waals surface area (Å²) < 4.78 is 11.7. The number of hydrogen-bond donors (Lipinski definition) is 1. The number of hydrogen-bond acceptors (Lipinski definition) is 4. The van der Waals surface area contributed by atoms with Crippen molar-refractivity contribution in [2.75, 3.05) is 6.61 Å². The normalized spacial score (nSPS) is 15.5. The molecule has 0 saturated heterocycles. The first-order chi connectivity index (χ1) is 11.7. The first-order valence-corrected chi connectivity index (χ1v) is 8.34.